The standard InChI is InChI=1S/C15H21NO.C3H8/c1-13(15(16)10-6-3-7-11-15)17-12-14-8-4-2-5-9-14;1-3-2/h2,4-5,8-9H,1,3,6-7,10-12,16H2;3H2,1-2H3. The molecule has 0 atom stereocenters. The summed E-state index contributed by atoms with van der Waals surface area (Å²) in [4.78, 5) is 0. The normalized spacial score (nSPS) is 16.8. The third-order valence-corrected chi connectivity index (χ3v) is 3.56. The highest BCUT2D eigenvalue weighted by molar-refractivity contribution is 5.15. The SMILES string of the molecule is C=C(OCc1ccccc1)C1(N)CCCCC1.CCC. The molecule has 2 rings (SSSR count). The summed E-state index contributed by atoms with van der Waals surface area (Å²) in [7, 11) is 0. The lowest BCUT2D eigenvalue weighted by atomic mass is 9.81. The first kappa shape index (κ1) is 16.8. The Labute approximate surface area is 124 Å². The van der Waals surface area contributed by atoms with Gasteiger partial charge in [-0.25, -0.2) is 0 Å². The number of ether oxygens (including phenoxy) is 1. The van der Waals surface area contributed by atoms with Crippen molar-refractivity contribution in [2.75, 3.05) is 0 Å². The van der Waals surface area contributed by atoms with Gasteiger partial charge in [0.15, 0.2) is 0 Å². The van der Waals surface area contributed by atoms with E-state index in [1.54, 1.807) is 0 Å². The molecule has 2 N–H and O–H groups in total. The summed E-state index contributed by atoms with van der Waals surface area (Å²) < 4.78 is 5.75. The van der Waals surface area contributed by atoms with Crippen LogP contribution in [0.4, 0.5) is 0 Å². The van der Waals surface area contributed by atoms with Crippen LogP contribution in [0.5, 0.6) is 0 Å². The van der Waals surface area contributed by atoms with Gasteiger partial charge in [0, 0.05) is 0 Å². The summed E-state index contributed by atoms with van der Waals surface area (Å²) in [6.07, 6.45) is 6.90. The van der Waals surface area contributed by atoms with Crippen molar-refractivity contribution >= 4 is 0 Å². The van der Waals surface area contributed by atoms with Crippen LogP contribution in [-0.4, -0.2) is 5.54 Å². The van der Waals surface area contributed by atoms with Crippen molar-refractivity contribution < 1.29 is 4.74 Å². The first-order chi connectivity index (χ1) is 9.62. The fourth-order valence-corrected chi connectivity index (χ4v) is 2.35. The Balaban J connectivity index is 0.000000612. The van der Waals surface area contributed by atoms with Gasteiger partial charge in [-0.2, -0.15) is 0 Å². The zero-order chi connectivity index (χ0) is 14.8. The Hall–Kier alpha value is -1.28. The first-order valence-corrected chi connectivity index (χ1v) is 7.77. The highest BCUT2D eigenvalue weighted by Gasteiger charge is 2.31. The van der Waals surface area contributed by atoms with Crippen LogP contribution in [-0.2, 0) is 11.3 Å². The molecule has 0 saturated heterocycles. The van der Waals surface area contributed by atoms with Crippen LogP contribution in [0.25, 0.3) is 0 Å². The molecule has 112 valence electrons. The van der Waals surface area contributed by atoms with Gasteiger partial charge in [-0.05, 0) is 18.4 Å². The average Bonchev–Trinajstić information content (AvgIpc) is 2.47. The molecule has 2 nitrogen and oxygen atoms in total. The molecule has 0 aromatic heterocycles. The van der Waals surface area contributed by atoms with E-state index in [-0.39, 0.29) is 5.54 Å². The lowest BCUT2D eigenvalue weighted by molar-refractivity contribution is 0.133. The van der Waals surface area contributed by atoms with Crippen molar-refractivity contribution in [1.82, 2.24) is 0 Å². The Bertz CT molecular complexity index is 380. The van der Waals surface area contributed by atoms with E-state index in [1.165, 1.54) is 25.7 Å². The summed E-state index contributed by atoms with van der Waals surface area (Å²) in [5.74, 6) is 0.751. The summed E-state index contributed by atoms with van der Waals surface area (Å²) in [6, 6.07) is 10.1. The van der Waals surface area contributed by atoms with Crippen molar-refractivity contribution in [3.05, 3.63) is 48.2 Å². The van der Waals surface area contributed by atoms with Crippen molar-refractivity contribution in [2.24, 2.45) is 5.73 Å². The zero-order valence-electron chi connectivity index (χ0n) is 13.0. The van der Waals surface area contributed by atoms with E-state index in [0.717, 1.165) is 24.2 Å². The van der Waals surface area contributed by atoms with E-state index >= 15 is 0 Å². The number of hydrogen-bond donors (Lipinski definition) is 1. The molecule has 0 bridgehead atoms. The van der Waals surface area contributed by atoms with Gasteiger partial charge in [0.25, 0.3) is 0 Å². The number of benzene rings is 1. The van der Waals surface area contributed by atoms with Crippen LogP contribution in [0.2, 0.25) is 0 Å². The van der Waals surface area contributed by atoms with E-state index < -0.39 is 0 Å². The molecule has 1 aromatic rings. The van der Waals surface area contributed by atoms with Gasteiger partial charge in [-0.3, -0.25) is 0 Å². The molecule has 20 heavy (non-hydrogen) atoms. The topological polar surface area (TPSA) is 35.2 Å². The van der Waals surface area contributed by atoms with Gasteiger partial charge in [0.2, 0.25) is 0 Å². The predicted octanol–water partition coefficient (Wildman–Crippen LogP) is 4.79. The fourth-order valence-electron chi connectivity index (χ4n) is 2.35. The van der Waals surface area contributed by atoms with Gasteiger partial charge < -0.3 is 10.5 Å². The molecule has 0 heterocycles. The molecule has 0 spiro atoms. The average molecular weight is 275 g/mol. The predicted molar refractivity (Wildman–Crippen MR) is 86.3 cm³/mol. The maximum absolute atomic E-state index is 6.34. The van der Waals surface area contributed by atoms with Gasteiger partial charge in [0.05, 0.1) is 5.54 Å². The minimum atomic E-state index is -0.299. The Morgan fingerprint density at radius 1 is 1.15 bits per heavy atom. The maximum Gasteiger partial charge on any atom is 0.113 e. The molecule has 0 radical (unpaired) electrons. The fraction of sp³-hybridized carbons (Fsp3) is 0.556. The second-order valence-electron chi connectivity index (χ2n) is 5.62. The lowest BCUT2D eigenvalue weighted by Gasteiger charge is -2.34. The van der Waals surface area contributed by atoms with Crippen molar-refractivity contribution in [1.29, 1.82) is 0 Å². The molecule has 1 aromatic carbocycles. The number of hydrogen-bond acceptors (Lipinski definition) is 2. The van der Waals surface area contributed by atoms with Crippen LogP contribution in [0, 0.1) is 0 Å². The molecular formula is C18H29NO. The molecule has 2 heteroatoms. The van der Waals surface area contributed by atoms with E-state index in [2.05, 4.69) is 32.6 Å². The second-order valence-corrected chi connectivity index (χ2v) is 5.62. The van der Waals surface area contributed by atoms with Crippen molar-refractivity contribution in [3.8, 4) is 0 Å². The van der Waals surface area contributed by atoms with E-state index in [0.29, 0.717) is 6.61 Å². The van der Waals surface area contributed by atoms with Crippen LogP contribution in [0.1, 0.15) is 57.9 Å². The Morgan fingerprint density at radius 3 is 2.25 bits per heavy atom. The molecule has 1 aliphatic carbocycles. The van der Waals surface area contributed by atoms with E-state index in [1.807, 2.05) is 18.2 Å². The minimum absolute atomic E-state index is 0.299. The van der Waals surface area contributed by atoms with Gasteiger partial charge >= 0.3 is 0 Å². The molecule has 0 aliphatic heterocycles. The molecule has 1 saturated carbocycles. The molecule has 0 amide bonds. The second kappa shape index (κ2) is 8.80. The monoisotopic (exact) mass is 275 g/mol. The van der Waals surface area contributed by atoms with Crippen molar-refractivity contribution in [3.63, 3.8) is 0 Å². The third kappa shape index (κ3) is 5.38. The summed E-state index contributed by atoms with van der Waals surface area (Å²) in [6.45, 7) is 8.84. The zero-order valence-corrected chi connectivity index (χ0v) is 13.0. The highest BCUT2D eigenvalue weighted by atomic mass is 16.5. The van der Waals surface area contributed by atoms with Crippen LogP contribution < -0.4 is 5.73 Å². The van der Waals surface area contributed by atoms with Gasteiger partial charge in [0.1, 0.15) is 12.4 Å². The van der Waals surface area contributed by atoms with Gasteiger partial charge in [-0.1, -0.05) is 76.4 Å². The van der Waals surface area contributed by atoms with Crippen LogP contribution >= 0.6 is 0 Å². The maximum atomic E-state index is 6.34. The Morgan fingerprint density at radius 2 is 1.70 bits per heavy atom. The van der Waals surface area contributed by atoms with E-state index in [4.69, 9.17) is 10.5 Å². The third-order valence-electron chi connectivity index (χ3n) is 3.56. The molecule has 0 unspecified atom stereocenters. The van der Waals surface area contributed by atoms with Gasteiger partial charge in [-0.15, -0.1) is 0 Å². The number of nitrogens with two attached hydrogens (primary N) is 1. The van der Waals surface area contributed by atoms with E-state index in [9.17, 15) is 0 Å². The molecule has 1 aliphatic rings. The number of rotatable bonds is 4. The Kier molecular flexibility index (Phi) is 7.38. The lowest BCUT2D eigenvalue weighted by Crippen LogP contribution is -2.44. The smallest absolute Gasteiger partial charge is 0.113 e. The van der Waals surface area contributed by atoms with Crippen LogP contribution in [0.3, 0.4) is 0 Å². The first-order valence-electron chi connectivity index (χ1n) is 7.77. The summed E-state index contributed by atoms with van der Waals surface area (Å²) in [5.41, 5.74) is 7.20. The minimum Gasteiger partial charge on any atom is -0.492 e. The quantitative estimate of drug-likeness (QED) is 0.801. The molecular weight excluding hydrogens is 246 g/mol. The molecule has 1 fully saturated rings. The largest absolute Gasteiger partial charge is 0.492 e. The summed E-state index contributed by atoms with van der Waals surface area (Å²) in [5, 5.41) is 0. The van der Waals surface area contributed by atoms with Crippen LogP contribution in [0.15, 0.2) is 42.7 Å². The highest BCUT2D eigenvalue weighted by Crippen LogP contribution is 2.32. The van der Waals surface area contributed by atoms with Crippen molar-refractivity contribution in [2.45, 2.75) is 64.5 Å². The summed E-state index contributed by atoms with van der Waals surface area (Å²) >= 11 is 0.